The van der Waals surface area contributed by atoms with Gasteiger partial charge in [-0.3, -0.25) is 0 Å². The van der Waals surface area contributed by atoms with E-state index in [-0.39, 0.29) is 12.1 Å². The van der Waals surface area contributed by atoms with E-state index in [2.05, 4.69) is 5.32 Å². The molecule has 2 unspecified atom stereocenters. The first-order chi connectivity index (χ1) is 3.84. The van der Waals surface area contributed by atoms with Crippen LogP contribution in [0, 0.1) is 0 Å². The maximum absolute atomic E-state index is 5.60. The molecule has 0 radical (unpaired) electrons. The monoisotopic (exact) mass is 116 g/mol. The quantitative estimate of drug-likeness (QED) is 0.458. The first-order valence-corrected chi connectivity index (χ1v) is 2.83. The van der Waals surface area contributed by atoms with Gasteiger partial charge in [0.05, 0.1) is 6.10 Å². The number of rotatable bonds is 1. The molecule has 3 N–H and O–H groups in total. The number of hydrogen-bond donors (Lipinski definition) is 2. The topological polar surface area (TPSA) is 47.3 Å². The van der Waals surface area contributed by atoms with Crippen molar-refractivity contribution in [2.45, 2.75) is 12.1 Å². The van der Waals surface area contributed by atoms with Crippen molar-refractivity contribution in [3.8, 4) is 0 Å². The predicted octanol–water partition coefficient (Wildman–Crippen LogP) is -1.07. The lowest BCUT2D eigenvalue weighted by Crippen LogP contribution is -2.34. The average Bonchev–Trinajstić information content (AvgIpc) is 2.14. The highest BCUT2D eigenvalue weighted by atomic mass is 16.5. The summed E-state index contributed by atoms with van der Waals surface area (Å²) in [4.78, 5) is 0. The zero-order valence-electron chi connectivity index (χ0n) is 5.05. The van der Waals surface area contributed by atoms with Crippen LogP contribution in [0.25, 0.3) is 0 Å². The molecule has 1 aliphatic rings. The fraction of sp³-hybridized carbons (Fsp3) is 1.00. The van der Waals surface area contributed by atoms with E-state index in [4.69, 9.17) is 10.5 Å². The second-order valence-corrected chi connectivity index (χ2v) is 2.10. The summed E-state index contributed by atoms with van der Waals surface area (Å²) >= 11 is 0. The molecule has 0 aromatic carbocycles. The predicted molar refractivity (Wildman–Crippen MR) is 31.6 cm³/mol. The van der Waals surface area contributed by atoms with Crippen LogP contribution in [0.15, 0.2) is 0 Å². The molecule has 3 nitrogen and oxygen atoms in total. The van der Waals surface area contributed by atoms with Gasteiger partial charge in [0.25, 0.3) is 0 Å². The molecule has 0 bridgehead atoms. The van der Waals surface area contributed by atoms with Crippen LogP contribution in [0.3, 0.4) is 0 Å². The summed E-state index contributed by atoms with van der Waals surface area (Å²) in [6.45, 7) is 1.79. The Balaban J connectivity index is 2.30. The number of nitrogens with one attached hydrogen (secondary N) is 1. The van der Waals surface area contributed by atoms with E-state index in [1.807, 2.05) is 0 Å². The largest absolute Gasteiger partial charge is 0.378 e. The van der Waals surface area contributed by atoms with Gasteiger partial charge < -0.3 is 15.8 Å². The standard InChI is InChI=1S/C5H12N2O/c1-8-5-3-7-2-4(5)6/h4-5,7H,2-3,6H2,1H3. The normalized spacial score (nSPS) is 38.2. The third kappa shape index (κ3) is 0.992. The van der Waals surface area contributed by atoms with Crippen molar-refractivity contribution in [2.24, 2.45) is 5.73 Å². The van der Waals surface area contributed by atoms with E-state index in [1.165, 1.54) is 0 Å². The second-order valence-electron chi connectivity index (χ2n) is 2.10. The maximum Gasteiger partial charge on any atom is 0.0858 e. The van der Waals surface area contributed by atoms with Crippen molar-refractivity contribution >= 4 is 0 Å². The molecule has 1 aliphatic heterocycles. The third-order valence-electron chi connectivity index (χ3n) is 1.51. The summed E-state index contributed by atoms with van der Waals surface area (Å²) in [5, 5.41) is 3.12. The number of methoxy groups -OCH3 is 1. The summed E-state index contributed by atoms with van der Waals surface area (Å²) < 4.78 is 5.04. The first-order valence-electron chi connectivity index (χ1n) is 2.83. The van der Waals surface area contributed by atoms with Crippen LogP contribution in [0.1, 0.15) is 0 Å². The smallest absolute Gasteiger partial charge is 0.0858 e. The molecule has 8 heavy (non-hydrogen) atoms. The van der Waals surface area contributed by atoms with Crippen molar-refractivity contribution in [1.29, 1.82) is 0 Å². The molecule has 1 heterocycles. The second kappa shape index (κ2) is 2.44. The lowest BCUT2D eigenvalue weighted by molar-refractivity contribution is 0.107. The van der Waals surface area contributed by atoms with E-state index >= 15 is 0 Å². The molecule has 0 amide bonds. The zero-order chi connectivity index (χ0) is 5.98. The Morgan fingerprint density at radius 3 is 2.62 bits per heavy atom. The SMILES string of the molecule is COC1CNCC1N. The highest BCUT2D eigenvalue weighted by Gasteiger charge is 2.22. The Kier molecular flexibility index (Phi) is 1.83. The fourth-order valence-electron chi connectivity index (χ4n) is 0.933. The van der Waals surface area contributed by atoms with Crippen LogP contribution in [0.4, 0.5) is 0 Å². The summed E-state index contributed by atoms with van der Waals surface area (Å²) in [6.07, 6.45) is 0.231. The van der Waals surface area contributed by atoms with Gasteiger partial charge in [-0.2, -0.15) is 0 Å². The fourth-order valence-corrected chi connectivity index (χ4v) is 0.933. The van der Waals surface area contributed by atoms with E-state index in [9.17, 15) is 0 Å². The molecule has 3 heteroatoms. The van der Waals surface area contributed by atoms with Crippen molar-refractivity contribution in [1.82, 2.24) is 5.32 Å². The summed E-state index contributed by atoms with van der Waals surface area (Å²) in [7, 11) is 1.69. The van der Waals surface area contributed by atoms with Gasteiger partial charge in [0, 0.05) is 26.2 Å². The van der Waals surface area contributed by atoms with Gasteiger partial charge in [-0.1, -0.05) is 0 Å². The Labute approximate surface area is 49.2 Å². The van der Waals surface area contributed by atoms with Crippen LogP contribution < -0.4 is 11.1 Å². The van der Waals surface area contributed by atoms with Gasteiger partial charge in [-0.25, -0.2) is 0 Å². The molecule has 1 saturated heterocycles. The zero-order valence-corrected chi connectivity index (χ0v) is 5.05. The Morgan fingerprint density at radius 1 is 1.62 bits per heavy atom. The van der Waals surface area contributed by atoms with E-state index in [0.717, 1.165) is 13.1 Å². The molecule has 0 spiro atoms. The number of hydrogen-bond acceptors (Lipinski definition) is 3. The van der Waals surface area contributed by atoms with Crippen LogP contribution >= 0.6 is 0 Å². The average molecular weight is 116 g/mol. The van der Waals surface area contributed by atoms with Gasteiger partial charge in [-0.15, -0.1) is 0 Å². The van der Waals surface area contributed by atoms with E-state index < -0.39 is 0 Å². The third-order valence-corrected chi connectivity index (χ3v) is 1.51. The minimum absolute atomic E-state index is 0.194. The van der Waals surface area contributed by atoms with Gasteiger partial charge in [-0.05, 0) is 0 Å². The number of ether oxygens (including phenoxy) is 1. The molecule has 1 fully saturated rings. The molecule has 0 aliphatic carbocycles. The minimum Gasteiger partial charge on any atom is -0.378 e. The van der Waals surface area contributed by atoms with Crippen LogP contribution in [-0.4, -0.2) is 32.3 Å². The lowest BCUT2D eigenvalue weighted by atomic mass is 10.2. The molecule has 0 aromatic heterocycles. The van der Waals surface area contributed by atoms with Crippen molar-refractivity contribution < 1.29 is 4.74 Å². The molecule has 0 saturated carbocycles. The Bertz CT molecular complexity index is 76.8. The van der Waals surface area contributed by atoms with E-state index in [1.54, 1.807) is 7.11 Å². The minimum atomic E-state index is 0.194. The molecule has 2 atom stereocenters. The Hall–Kier alpha value is -0.120. The summed E-state index contributed by atoms with van der Waals surface area (Å²) in [5.41, 5.74) is 5.60. The van der Waals surface area contributed by atoms with Crippen LogP contribution in [0.5, 0.6) is 0 Å². The van der Waals surface area contributed by atoms with Gasteiger partial charge in [0.2, 0.25) is 0 Å². The summed E-state index contributed by atoms with van der Waals surface area (Å²) in [5.74, 6) is 0. The molecule has 0 aromatic rings. The first kappa shape index (κ1) is 6.01. The molecule has 1 rings (SSSR count). The Morgan fingerprint density at radius 2 is 2.38 bits per heavy atom. The van der Waals surface area contributed by atoms with Gasteiger partial charge in [0.1, 0.15) is 0 Å². The number of nitrogens with two attached hydrogens (primary N) is 1. The molecular weight excluding hydrogens is 104 g/mol. The van der Waals surface area contributed by atoms with E-state index in [0.29, 0.717) is 0 Å². The maximum atomic E-state index is 5.60. The van der Waals surface area contributed by atoms with Crippen molar-refractivity contribution in [3.05, 3.63) is 0 Å². The lowest BCUT2D eigenvalue weighted by Gasteiger charge is -2.10. The van der Waals surface area contributed by atoms with Crippen LogP contribution in [-0.2, 0) is 4.74 Å². The summed E-state index contributed by atoms with van der Waals surface area (Å²) in [6, 6.07) is 0.194. The van der Waals surface area contributed by atoms with Gasteiger partial charge >= 0.3 is 0 Å². The van der Waals surface area contributed by atoms with Gasteiger partial charge in [0.15, 0.2) is 0 Å². The van der Waals surface area contributed by atoms with Crippen LogP contribution in [0.2, 0.25) is 0 Å². The molecule has 48 valence electrons. The highest BCUT2D eigenvalue weighted by Crippen LogP contribution is 1.98. The highest BCUT2D eigenvalue weighted by molar-refractivity contribution is 4.84. The van der Waals surface area contributed by atoms with Crippen molar-refractivity contribution in [2.75, 3.05) is 20.2 Å². The molecular formula is C5H12N2O. The van der Waals surface area contributed by atoms with Crippen molar-refractivity contribution in [3.63, 3.8) is 0 Å².